The van der Waals surface area contributed by atoms with E-state index in [0.29, 0.717) is 24.4 Å². The number of para-hydroxylation sites is 1. The number of carbonyl (C=O) groups is 3. The molecule has 0 saturated carbocycles. The first-order chi connectivity index (χ1) is 19.2. The number of ether oxygens (including phenoxy) is 1. The van der Waals surface area contributed by atoms with Crippen LogP contribution in [0.5, 0.6) is 5.75 Å². The van der Waals surface area contributed by atoms with Gasteiger partial charge in [-0.2, -0.15) is 0 Å². The minimum Gasteiger partial charge on any atom is -0.497 e. The van der Waals surface area contributed by atoms with E-state index in [2.05, 4.69) is 4.90 Å². The molecule has 40 heavy (non-hydrogen) atoms. The Hall–Kier alpha value is -4.28. The number of nitrogens with zero attached hydrogens (tertiary/aromatic N) is 5. The van der Waals surface area contributed by atoms with Crippen molar-refractivity contribution in [1.29, 1.82) is 0 Å². The van der Waals surface area contributed by atoms with Crippen LogP contribution in [-0.2, 0) is 23.2 Å². The van der Waals surface area contributed by atoms with Gasteiger partial charge in [-0.1, -0.05) is 18.2 Å². The summed E-state index contributed by atoms with van der Waals surface area (Å²) in [5, 5.41) is 9.24. The van der Waals surface area contributed by atoms with Crippen LogP contribution < -0.4 is 15.3 Å². The molecule has 11 heteroatoms. The van der Waals surface area contributed by atoms with Crippen LogP contribution in [0.2, 0.25) is 0 Å². The second-order valence-corrected chi connectivity index (χ2v) is 11.2. The van der Waals surface area contributed by atoms with Crippen molar-refractivity contribution in [2.45, 2.75) is 38.3 Å². The predicted octanol–water partition coefficient (Wildman–Crippen LogP) is 2.82. The van der Waals surface area contributed by atoms with Gasteiger partial charge in [-0.25, -0.2) is 9.59 Å². The maximum atomic E-state index is 13.7. The second-order valence-electron chi connectivity index (χ2n) is 11.2. The summed E-state index contributed by atoms with van der Waals surface area (Å²) in [6, 6.07) is 12.2. The number of aromatic nitrogens is 2. The van der Waals surface area contributed by atoms with E-state index in [4.69, 9.17) is 4.74 Å². The molecule has 0 radical (unpaired) electrons. The number of benzene rings is 2. The smallest absolute Gasteiger partial charge is 0.407 e. The summed E-state index contributed by atoms with van der Waals surface area (Å²) in [6.07, 6.45) is 1.34. The zero-order chi connectivity index (χ0) is 28.2. The monoisotopic (exact) mass is 547 g/mol. The molecule has 3 aromatic rings. The summed E-state index contributed by atoms with van der Waals surface area (Å²) in [7, 11) is 3.30. The van der Waals surface area contributed by atoms with E-state index < -0.39 is 12.1 Å². The Balaban J connectivity index is 1.27. The topological polar surface area (TPSA) is 117 Å². The van der Waals surface area contributed by atoms with Crippen LogP contribution in [-0.4, -0.2) is 75.2 Å². The average Bonchev–Trinajstić information content (AvgIpc) is 3.19. The Kier molecular flexibility index (Phi) is 6.31. The van der Waals surface area contributed by atoms with Crippen molar-refractivity contribution in [3.63, 3.8) is 0 Å². The molecule has 2 aromatic carbocycles. The first-order valence-corrected chi connectivity index (χ1v) is 13.6. The van der Waals surface area contributed by atoms with Gasteiger partial charge in [-0.15, -0.1) is 0 Å². The summed E-state index contributed by atoms with van der Waals surface area (Å²) in [6.45, 7) is 2.81. The van der Waals surface area contributed by atoms with E-state index in [1.54, 1.807) is 35.4 Å². The standard InChI is InChI=1S/C29H33N5O6/c1-30-25-21(31-14-12-29(13-15-31)17-32(18-29)28(38)39)4-3-5-22(25)34(27(30)37)23-10-11-24(35)33(26(23)36)16-19-6-8-20(40-2)9-7-19/h3-9,23H,10-18H2,1-2H3,(H,38,39). The van der Waals surface area contributed by atoms with Gasteiger partial charge in [0.05, 0.1) is 30.4 Å². The Morgan fingerprint density at radius 1 is 1.05 bits per heavy atom. The molecular formula is C29H33N5O6. The quantitative estimate of drug-likeness (QED) is 0.488. The van der Waals surface area contributed by atoms with E-state index in [1.165, 1.54) is 9.80 Å². The van der Waals surface area contributed by atoms with Gasteiger partial charge in [0, 0.05) is 45.1 Å². The highest BCUT2D eigenvalue weighted by atomic mass is 16.5. The Bertz CT molecular complexity index is 1540. The van der Waals surface area contributed by atoms with Crippen molar-refractivity contribution in [2.24, 2.45) is 12.5 Å². The molecule has 3 saturated heterocycles. The number of anilines is 1. The van der Waals surface area contributed by atoms with Crippen LogP contribution in [0, 0.1) is 5.41 Å². The number of likely N-dealkylation sites (tertiary alicyclic amines) is 2. The van der Waals surface area contributed by atoms with Crippen LogP contribution >= 0.6 is 0 Å². The summed E-state index contributed by atoms with van der Waals surface area (Å²) < 4.78 is 8.35. The molecule has 4 heterocycles. The van der Waals surface area contributed by atoms with Gasteiger partial charge in [-0.3, -0.25) is 23.6 Å². The summed E-state index contributed by atoms with van der Waals surface area (Å²) in [5.74, 6) is 0.0699. The van der Waals surface area contributed by atoms with Crippen LogP contribution in [0.1, 0.15) is 37.3 Å². The highest BCUT2D eigenvalue weighted by Gasteiger charge is 2.47. The van der Waals surface area contributed by atoms with Crippen LogP contribution in [0.15, 0.2) is 47.3 Å². The maximum absolute atomic E-state index is 13.7. The molecule has 210 valence electrons. The fourth-order valence-electron chi connectivity index (χ4n) is 6.55. The molecule has 1 spiro atoms. The third kappa shape index (κ3) is 4.20. The molecule has 1 atom stereocenters. The summed E-state index contributed by atoms with van der Waals surface area (Å²) in [5.41, 5.74) is 2.91. The zero-order valence-electron chi connectivity index (χ0n) is 22.7. The van der Waals surface area contributed by atoms with E-state index in [0.717, 1.165) is 42.7 Å². The molecule has 3 aliphatic heterocycles. The number of amides is 3. The van der Waals surface area contributed by atoms with Gasteiger partial charge in [0.15, 0.2) is 0 Å². The number of carbonyl (C=O) groups excluding carboxylic acids is 2. The maximum Gasteiger partial charge on any atom is 0.407 e. The molecular weight excluding hydrogens is 514 g/mol. The van der Waals surface area contributed by atoms with E-state index in [1.807, 2.05) is 30.3 Å². The number of rotatable bonds is 5. The number of hydrogen-bond donors (Lipinski definition) is 1. The van der Waals surface area contributed by atoms with Crippen molar-refractivity contribution in [3.8, 4) is 5.75 Å². The van der Waals surface area contributed by atoms with E-state index >= 15 is 0 Å². The predicted molar refractivity (Wildman–Crippen MR) is 147 cm³/mol. The Morgan fingerprint density at radius 3 is 2.40 bits per heavy atom. The first kappa shape index (κ1) is 26.0. The number of fused-ring (bicyclic) bond motifs is 1. The molecule has 0 bridgehead atoms. The Labute approximate surface area is 231 Å². The molecule has 6 rings (SSSR count). The number of hydrogen-bond acceptors (Lipinski definition) is 6. The SMILES string of the molecule is COc1ccc(CN2C(=O)CCC(n3c(=O)n(C)c4c(N5CCC6(CC5)CN(C(=O)O)C6)cccc43)C2=O)cc1. The lowest BCUT2D eigenvalue weighted by Gasteiger charge is -2.53. The number of imide groups is 1. The summed E-state index contributed by atoms with van der Waals surface area (Å²) in [4.78, 5) is 56.3. The highest BCUT2D eigenvalue weighted by Crippen LogP contribution is 2.42. The lowest BCUT2D eigenvalue weighted by molar-refractivity contribution is -0.151. The van der Waals surface area contributed by atoms with Crippen molar-refractivity contribution in [3.05, 3.63) is 58.5 Å². The molecule has 3 fully saturated rings. The van der Waals surface area contributed by atoms with Gasteiger partial charge in [-0.05, 0) is 49.1 Å². The minimum atomic E-state index is -0.865. The third-order valence-corrected chi connectivity index (χ3v) is 8.86. The molecule has 1 N–H and O–H groups in total. The van der Waals surface area contributed by atoms with Gasteiger partial charge >= 0.3 is 11.8 Å². The average molecular weight is 548 g/mol. The number of piperidine rings is 2. The van der Waals surface area contributed by atoms with Gasteiger partial charge < -0.3 is 19.6 Å². The van der Waals surface area contributed by atoms with Crippen molar-refractivity contribution in [1.82, 2.24) is 18.9 Å². The van der Waals surface area contributed by atoms with E-state index in [9.17, 15) is 24.3 Å². The largest absolute Gasteiger partial charge is 0.497 e. The number of aryl methyl sites for hydroxylation is 1. The molecule has 1 aromatic heterocycles. The molecule has 11 nitrogen and oxygen atoms in total. The molecule has 3 aliphatic rings. The molecule has 1 unspecified atom stereocenters. The lowest BCUT2D eigenvalue weighted by atomic mass is 9.72. The Morgan fingerprint density at radius 2 is 1.75 bits per heavy atom. The van der Waals surface area contributed by atoms with Crippen LogP contribution in [0.25, 0.3) is 11.0 Å². The van der Waals surface area contributed by atoms with Crippen LogP contribution in [0.3, 0.4) is 0 Å². The van der Waals surface area contributed by atoms with Crippen LogP contribution in [0.4, 0.5) is 10.5 Å². The fourth-order valence-corrected chi connectivity index (χ4v) is 6.55. The number of methoxy groups -OCH3 is 1. The van der Waals surface area contributed by atoms with Crippen molar-refractivity contribution < 1.29 is 24.2 Å². The van der Waals surface area contributed by atoms with E-state index in [-0.39, 0.29) is 42.3 Å². The zero-order valence-corrected chi connectivity index (χ0v) is 22.7. The van der Waals surface area contributed by atoms with Gasteiger partial charge in [0.25, 0.3) is 5.91 Å². The van der Waals surface area contributed by atoms with Gasteiger partial charge in [0.1, 0.15) is 11.8 Å². The van der Waals surface area contributed by atoms with Crippen molar-refractivity contribution in [2.75, 3.05) is 38.2 Å². The molecule has 0 aliphatic carbocycles. The van der Waals surface area contributed by atoms with Gasteiger partial charge in [0.2, 0.25) is 5.91 Å². The minimum absolute atomic E-state index is 0.0367. The second kappa shape index (κ2) is 9.72. The lowest BCUT2D eigenvalue weighted by Crippen LogP contribution is -2.61. The number of carboxylic acid groups (broad SMARTS) is 1. The molecule has 3 amide bonds. The highest BCUT2D eigenvalue weighted by molar-refractivity contribution is 6.00. The summed E-state index contributed by atoms with van der Waals surface area (Å²) >= 11 is 0. The third-order valence-electron chi connectivity index (χ3n) is 8.86. The normalized spacial score (nSPS) is 20.8. The number of imidazole rings is 1. The van der Waals surface area contributed by atoms with Crippen molar-refractivity contribution >= 4 is 34.6 Å². The first-order valence-electron chi connectivity index (χ1n) is 13.6. The fraction of sp³-hybridized carbons (Fsp3) is 0.448.